The van der Waals surface area contributed by atoms with Crippen LogP contribution in [0.25, 0.3) is 22.2 Å². The van der Waals surface area contributed by atoms with Gasteiger partial charge in [-0.1, -0.05) is 19.1 Å². The minimum absolute atomic E-state index is 0.0122. The van der Waals surface area contributed by atoms with E-state index < -0.39 is 9.84 Å². The van der Waals surface area contributed by atoms with Gasteiger partial charge in [-0.2, -0.15) is 0 Å². The maximum Gasteiger partial charge on any atom is 0.224 e. The van der Waals surface area contributed by atoms with E-state index in [1.165, 1.54) is 6.26 Å². The molecule has 0 aliphatic rings. The molecule has 0 unspecified atom stereocenters. The maximum absolute atomic E-state index is 12.0. The number of amides is 1. The second-order valence-electron chi connectivity index (χ2n) is 7.10. The Hall–Kier alpha value is -2.73. The number of nitrogens with zero attached hydrogens (tertiary/aromatic N) is 1. The summed E-state index contributed by atoms with van der Waals surface area (Å²) in [6, 6.07) is 12.7. The van der Waals surface area contributed by atoms with Crippen molar-refractivity contribution in [1.29, 1.82) is 0 Å². The lowest BCUT2D eigenvalue weighted by atomic mass is 10.0. The molecule has 1 N–H and O–H groups in total. The molecule has 0 atom stereocenters. The summed E-state index contributed by atoms with van der Waals surface area (Å²) < 4.78 is 23.3. The third kappa shape index (κ3) is 4.22. The smallest absolute Gasteiger partial charge is 0.224 e. The molecule has 0 aliphatic heterocycles. The second kappa shape index (κ2) is 7.72. The molecule has 2 aromatic carbocycles. The highest BCUT2D eigenvalue weighted by Crippen LogP contribution is 2.29. The lowest BCUT2D eigenvalue weighted by Crippen LogP contribution is -2.11. The SMILES string of the molecule is CCCC(=O)Nc1cc2c(C)cc(-c3ccc(S(C)(=O)=O)cc3)nc2cc1C. The number of benzene rings is 2. The largest absolute Gasteiger partial charge is 0.326 e. The summed E-state index contributed by atoms with van der Waals surface area (Å²) in [5.41, 5.74) is 5.28. The van der Waals surface area contributed by atoms with Crippen molar-refractivity contribution in [3.63, 3.8) is 0 Å². The molecule has 0 saturated carbocycles. The van der Waals surface area contributed by atoms with Crippen molar-refractivity contribution in [2.24, 2.45) is 0 Å². The Morgan fingerprint density at radius 2 is 1.71 bits per heavy atom. The van der Waals surface area contributed by atoms with Gasteiger partial charge in [-0.15, -0.1) is 0 Å². The van der Waals surface area contributed by atoms with Crippen LogP contribution in [-0.2, 0) is 14.6 Å². The summed E-state index contributed by atoms with van der Waals surface area (Å²) in [5, 5.41) is 3.95. The summed E-state index contributed by atoms with van der Waals surface area (Å²) in [5.74, 6) is 0.0122. The van der Waals surface area contributed by atoms with Gasteiger partial charge in [-0.05, 0) is 61.7 Å². The number of anilines is 1. The molecule has 0 fully saturated rings. The zero-order chi connectivity index (χ0) is 20.5. The van der Waals surface area contributed by atoms with E-state index in [0.29, 0.717) is 6.42 Å². The highest BCUT2D eigenvalue weighted by molar-refractivity contribution is 7.90. The van der Waals surface area contributed by atoms with E-state index in [1.54, 1.807) is 24.3 Å². The van der Waals surface area contributed by atoms with E-state index in [9.17, 15) is 13.2 Å². The molecule has 0 spiro atoms. The van der Waals surface area contributed by atoms with Crippen LogP contribution in [0.3, 0.4) is 0 Å². The molecule has 146 valence electrons. The fraction of sp³-hybridized carbons (Fsp3) is 0.273. The first kappa shape index (κ1) is 20.0. The van der Waals surface area contributed by atoms with E-state index in [4.69, 9.17) is 4.98 Å². The zero-order valence-corrected chi connectivity index (χ0v) is 17.4. The molecule has 1 amide bonds. The fourth-order valence-electron chi connectivity index (χ4n) is 3.14. The topological polar surface area (TPSA) is 76.1 Å². The van der Waals surface area contributed by atoms with E-state index in [0.717, 1.165) is 45.4 Å². The number of aromatic nitrogens is 1. The molecule has 0 saturated heterocycles. The number of aryl methyl sites for hydroxylation is 2. The van der Waals surface area contributed by atoms with Gasteiger partial charge in [0.2, 0.25) is 5.91 Å². The van der Waals surface area contributed by atoms with Crippen LogP contribution in [0.2, 0.25) is 0 Å². The van der Waals surface area contributed by atoms with Crippen LogP contribution in [0.4, 0.5) is 5.69 Å². The van der Waals surface area contributed by atoms with Crippen molar-refractivity contribution < 1.29 is 13.2 Å². The third-order valence-corrected chi connectivity index (χ3v) is 5.82. The summed E-state index contributed by atoms with van der Waals surface area (Å²) in [6.45, 7) is 5.93. The van der Waals surface area contributed by atoms with Crippen LogP contribution in [0, 0.1) is 13.8 Å². The van der Waals surface area contributed by atoms with Gasteiger partial charge < -0.3 is 5.32 Å². The molecule has 6 heteroatoms. The molecule has 0 bridgehead atoms. The normalized spacial score (nSPS) is 11.6. The van der Waals surface area contributed by atoms with Gasteiger partial charge in [0, 0.05) is 29.3 Å². The van der Waals surface area contributed by atoms with Crippen molar-refractivity contribution >= 4 is 32.3 Å². The average Bonchev–Trinajstić information content (AvgIpc) is 2.62. The number of carbonyl (C=O) groups is 1. The molecule has 1 aromatic heterocycles. The van der Waals surface area contributed by atoms with E-state index in [-0.39, 0.29) is 10.8 Å². The summed E-state index contributed by atoms with van der Waals surface area (Å²) in [7, 11) is -3.22. The van der Waals surface area contributed by atoms with Crippen LogP contribution >= 0.6 is 0 Å². The Labute approximate surface area is 165 Å². The first-order valence-electron chi connectivity index (χ1n) is 9.21. The summed E-state index contributed by atoms with van der Waals surface area (Å²) in [4.78, 5) is 17.0. The van der Waals surface area contributed by atoms with Crippen LogP contribution < -0.4 is 5.32 Å². The second-order valence-corrected chi connectivity index (χ2v) is 9.12. The highest BCUT2D eigenvalue weighted by atomic mass is 32.2. The van der Waals surface area contributed by atoms with Gasteiger partial charge in [-0.3, -0.25) is 4.79 Å². The van der Waals surface area contributed by atoms with Crippen LogP contribution in [0.15, 0.2) is 47.4 Å². The van der Waals surface area contributed by atoms with Crippen LogP contribution in [0.5, 0.6) is 0 Å². The Bertz CT molecular complexity index is 1150. The number of nitrogens with one attached hydrogen (secondary N) is 1. The Morgan fingerprint density at radius 1 is 1.04 bits per heavy atom. The standard InChI is InChI=1S/C22H24N2O3S/c1-5-6-22(25)24-19-13-18-14(2)11-20(23-21(18)12-15(19)3)16-7-9-17(10-8-16)28(4,26)27/h7-13H,5-6H2,1-4H3,(H,24,25). The molecule has 0 aliphatic carbocycles. The Balaban J connectivity index is 2.02. The summed E-state index contributed by atoms with van der Waals surface area (Å²) in [6.07, 6.45) is 2.50. The van der Waals surface area contributed by atoms with Gasteiger partial charge in [0.15, 0.2) is 9.84 Å². The number of hydrogen-bond donors (Lipinski definition) is 1. The molecule has 3 rings (SSSR count). The Kier molecular flexibility index (Phi) is 5.52. The third-order valence-electron chi connectivity index (χ3n) is 4.69. The van der Waals surface area contributed by atoms with E-state index >= 15 is 0 Å². The van der Waals surface area contributed by atoms with Gasteiger partial charge >= 0.3 is 0 Å². The molecule has 28 heavy (non-hydrogen) atoms. The predicted octanol–water partition coefficient (Wildman–Crippen LogP) is 4.66. The van der Waals surface area contributed by atoms with Crippen LogP contribution in [-0.4, -0.2) is 25.6 Å². The number of rotatable bonds is 5. The van der Waals surface area contributed by atoms with Crippen molar-refractivity contribution in [2.45, 2.75) is 38.5 Å². The van der Waals surface area contributed by atoms with E-state index in [2.05, 4.69) is 5.32 Å². The molecular weight excluding hydrogens is 372 g/mol. The minimum Gasteiger partial charge on any atom is -0.326 e. The quantitative estimate of drug-likeness (QED) is 0.680. The molecule has 0 radical (unpaired) electrons. The first-order chi connectivity index (χ1) is 13.2. The maximum atomic E-state index is 12.0. The van der Waals surface area contributed by atoms with Gasteiger partial charge in [-0.25, -0.2) is 13.4 Å². The minimum atomic E-state index is -3.22. The van der Waals surface area contributed by atoms with Gasteiger partial charge in [0.25, 0.3) is 0 Å². The lowest BCUT2D eigenvalue weighted by molar-refractivity contribution is -0.116. The monoisotopic (exact) mass is 396 g/mol. The van der Waals surface area contributed by atoms with Crippen molar-refractivity contribution in [3.8, 4) is 11.3 Å². The first-order valence-corrected chi connectivity index (χ1v) is 11.1. The Morgan fingerprint density at radius 3 is 2.32 bits per heavy atom. The average molecular weight is 397 g/mol. The van der Waals surface area contributed by atoms with Crippen molar-refractivity contribution in [1.82, 2.24) is 4.98 Å². The number of pyridine rings is 1. The molecular formula is C22H24N2O3S. The van der Waals surface area contributed by atoms with E-state index in [1.807, 2.05) is 39.0 Å². The van der Waals surface area contributed by atoms with Gasteiger partial charge in [0.1, 0.15) is 0 Å². The van der Waals surface area contributed by atoms with Crippen molar-refractivity contribution in [2.75, 3.05) is 11.6 Å². The highest BCUT2D eigenvalue weighted by Gasteiger charge is 2.11. The molecule has 1 heterocycles. The van der Waals surface area contributed by atoms with Crippen LogP contribution in [0.1, 0.15) is 30.9 Å². The molecule has 5 nitrogen and oxygen atoms in total. The number of sulfone groups is 1. The summed E-state index contributed by atoms with van der Waals surface area (Å²) >= 11 is 0. The van der Waals surface area contributed by atoms with Crippen molar-refractivity contribution in [3.05, 3.63) is 53.6 Å². The fourth-order valence-corrected chi connectivity index (χ4v) is 3.77. The number of fused-ring (bicyclic) bond motifs is 1. The zero-order valence-electron chi connectivity index (χ0n) is 16.5. The number of carbonyl (C=O) groups excluding carboxylic acids is 1. The van der Waals surface area contributed by atoms with Gasteiger partial charge in [0.05, 0.1) is 16.1 Å². The number of hydrogen-bond acceptors (Lipinski definition) is 4. The predicted molar refractivity (Wildman–Crippen MR) is 113 cm³/mol. The lowest BCUT2D eigenvalue weighted by Gasteiger charge is -2.12. The molecule has 3 aromatic rings.